The number of benzene rings is 1. The maximum Gasteiger partial charge on any atom is 0.214 e. The van der Waals surface area contributed by atoms with E-state index in [4.69, 9.17) is 10.5 Å². The third-order valence-corrected chi connectivity index (χ3v) is 6.31. The fourth-order valence-corrected chi connectivity index (χ4v) is 4.53. The second kappa shape index (κ2) is 6.13. The van der Waals surface area contributed by atoms with Crippen LogP contribution in [0.5, 0.6) is 0 Å². The van der Waals surface area contributed by atoms with E-state index in [0.29, 0.717) is 17.5 Å². The number of nitrogens with one attached hydrogen (secondary N) is 1. The first-order valence-electron chi connectivity index (χ1n) is 10.2. The summed E-state index contributed by atoms with van der Waals surface area (Å²) in [6, 6.07) is 11.3. The summed E-state index contributed by atoms with van der Waals surface area (Å²) in [6.07, 6.45) is 10.2. The molecule has 2 unspecified atom stereocenters. The van der Waals surface area contributed by atoms with Crippen LogP contribution in [0.15, 0.2) is 65.9 Å². The summed E-state index contributed by atoms with van der Waals surface area (Å²) >= 11 is 0. The molecule has 1 aromatic heterocycles. The standard InChI is InChI=1S/C22H22N6O/c23-11-17-18(13-3-5-15(6-4-13)27-10-9-25-12-27)19-20(14-1-2-14)26-28(16-7-8-16)22(19)29-21(17)24/h3-6,9-10,12,14,16,18,20,26H,1-2,7-8,24H2. The lowest BCUT2D eigenvalue weighted by atomic mass is 9.80. The number of nitriles is 1. The van der Waals surface area contributed by atoms with Gasteiger partial charge in [-0.1, -0.05) is 12.1 Å². The van der Waals surface area contributed by atoms with E-state index in [0.717, 1.165) is 30.0 Å². The van der Waals surface area contributed by atoms with Gasteiger partial charge in [0.05, 0.1) is 18.3 Å². The number of rotatable bonds is 4. The van der Waals surface area contributed by atoms with Crippen molar-refractivity contribution in [1.82, 2.24) is 20.0 Å². The minimum atomic E-state index is -0.178. The molecule has 1 aromatic carbocycles. The smallest absolute Gasteiger partial charge is 0.214 e. The van der Waals surface area contributed by atoms with Gasteiger partial charge in [-0.15, -0.1) is 0 Å². The highest BCUT2D eigenvalue weighted by atomic mass is 16.5. The van der Waals surface area contributed by atoms with Crippen molar-refractivity contribution in [3.05, 3.63) is 71.5 Å². The average molecular weight is 386 g/mol. The van der Waals surface area contributed by atoms with Crippen molar-refractivity contribution in [1.29, 1.82) is 5.26 Å². The van der Waals surface area contributed by atoms with Gasteiger partial charge in [0, 0.05) is 29.7 Å². The summed E-state index contributed by atoms with van der Waals surface area (Å²) in [7, 11) is 0. The van der Waals surface area contributed by atoms with Crippen LogP contribution in [0.25, 0.3) is 5.69 Å². The number of allylic oxidation sites excluding steroid dienone is 1. The van der Waals surface area contributed by atoms with Crippen molar-refractivity contribution >= 4 is 0 Å². The van der Waals surface area contributed by atoms with Gasteiger partial charge in [0.15, 0.2) is 0 Å². The molecule has 0 amide bonds. The number of hydrazine groups is 1. The van der Waals surface area contributed by atoms with E-state index in [2.05, 4.69) is 45.8 Å². The Kier molecular flexibility index (Phi) is 3.53. The molecule has 146 valence electrons. The van der Waals surface area contributed by atoms with Crippen molar-refractivity contribution < 1.29 is 4.74 Å². The summed E-state index contributed by atoms with van der Waals surface area (Å²) in [5.74, 6) is 1.46. The van der Waals surface area contributed by atoms with E-state index in [-0.39, 0.29) is 17.8 Å². The monoisotopic (exact) mass is 386 g/mol. The van der Waals surface area contributed by atoms with Crippen LogP contribution in [0, 0.1) is 17.2 Å². The van der Waals surface area contributed by atoms with Crippen LogP contribution in [0.4, 0.5) is 0 Å². The van der Waals surface area contributed by atoms with Crippen molar-refractivity contribution in [3.63, 3.8) is 0 Å². The van der Waals surface area contributed by atoms with Crippen LogP contribution in [0.2, 0.25) is 0 Å². The van der Waals surface area contributed by atoms with Crippen LogP contribution in [-0.2, 0) is 4.74 Å². The topological polar surface area (TPSA) is 92.1 Å². The Morgan fingerprint density at radius 1 is 1.17 bits per heavy atom. The van der Waals surface area contributed by atoms with E-state index in [1.165, 1.54) is 18.4 Å². The van der Waals surface area contributed by atoms with Crippen molar-refractivity contribution in [3.8, 4) is 11.8 Å². The Morgan fingerprint density at radius 3 is 2.59 bits per heavy atom. The number of nitrogens with two attached hydrogens (primary N) is 1. The Labute approximate surface area is 169 Å². The van der Waals surface area contributed by atoms with Crippen LogP contribution in [-0.4, -0.2) is 26.6 Å². The summed E-state index contributed by atoms with van der Waals surface area (Å²) in [5.41, 5.74) is 13.7. The van der Waals surface area contributed by atoms with E-state index >= 15 is 0 Å². The molecule has 29 heavy (non-hydrogen) atoms. The van der Waals surface area contributed by atoms with Gasteiger partial charge in [-0.3, -0.25) is 5.01 Å². The number of aromatic nitrogens is 2. The molecule has 0 bridgehead atoms. The largest absolute Gasteiger partial charge is 0.423 e. The van der Waals surface area contributed by atoms with Gasteiger partial charge in [-0.2, -0.15) is 5.26 Å². The van der Waals surface area contributed by atoms with Gasteiger partial charge in [-0.05, 0) is 49.3 Å². The minimum Gasteiger partial charge on any atom is -0.423 e. The summed E-state index contributed by atoms with van der Waals surface area (Å²) in [5, 5.41) is 12.1. The number of ether oxygens (including phenoxy) is 1. The molecule has 0 spiro atoms. The predicted octanol–water partition coefficient (Wildman–Crippen LogP) is 2.65. The molecule has 2 aromatic rings. The SMILES string of the molecule is N#CC1=C(N)OC2=C(C1c1ccc(-n3ccnc3)cc1)C(C1CC1)NN2C1CC1. The lowest BCUT2D eigenvalue weighted by Gasteiger charge is -2.28. The quantitative estimate of drug-likeness (QED) is 0.839. The number of nitrogens with zero attached hydrogens (tertiary/aromatic N) is 4. The molecule has 6 rings (SSSR count). The van der Waals surface area contributed by atoms with E-state index in [1.807, 2.05) is 10.8 Å². The van der Waals surface area contributed by atoms with Crippen molar-refractivity contribution in [2.45, 2.75) is 43.7 Å². The average Bonchev–Trinajstić information content (AvgIpc) is 3.68. The second-order valence-corrected chi connectivity index (χ2v) is 8.29. The summed E-state index contributed by atoms with van der Waals surface area (Å²) < 4.78 is 8.00. The summed E-state index contributed by atoms with van der Waals surface area (Å²) in [4.78, 5) is 4.11. The van der Waals surface area contributed by atoms with Crippen LogP contribution >= 0.6 is 0 Å². The fraction of sp³-hybridized carbons (Fsp3) is 0.364. The molecular formula is C22H22N6O. The Balaban J connectivity index is 1.45. The zero-order valence-corrected chi connectivity index (χ0v) is 16.0. The van der Waals surface area contributed by atoms with Gasteiger partial charge in [-0.25, -0.2) is 10.4 Å². The molecule has 2 aliphatic carbocycles. The lowest BCUT2D eigenvalue weighted by molar-refractivity contribution is 0.119. The third kappa shape index (κ3) is 2.64. The normalized spacial score (nSPS) is 26.4. The molecular weight excluding hydrogens is 364 g/mol. The first-order valence-corrected chi connectivity index (χ1v) is 10.2. The van der Waals surface area contributed by atoms with Gasteiger partial charge in [0.2, 0.25) is 11.8 Å². The number of imidazole rings is 1. The molecule has 0 saturated heterocycles. The highest BCUT2D eigenvalue weighted by Crippen LogP contribution is 2.51. The van der Waals surface area contributed by atoms with Gasteiger partial charge >= 0.3 is 0 Å². The van der Waals surface area contributed by atoms with Crippen LogP contribution in [0.3, 0.4) is 0 Å². The van der Waals surface area contributed by atoms with Crippen molar-refractivity contribution in [2.24, 2.45) is 11.7 Å². The van der Waals surface area contributed by atoms with Gasteiger partial charge < -0.3 is 15.0 Å². The molecule has 2 atom stereocenters. The van der Waals surface area contributed by atoms with E-state index in [1.54, 1.807) is 12.5 Å². The molecule has 3 heterocycles. The number of hydrogen-bond donors (Lipinski definition) is 2. The highest BCUT2D eigenvalue weighted by molar-refractivity contribution is 5.53. The molecule has 7 nitrogen and oxygen atoms in total. The highest BCUT2D eigenvalue weighted by Gasteiger charge is 2.51. The summed E-state index contributed by atoms with van der Waals surface area (Å²) in [6.45, 7) is 0. The van der Waals surface area contributed by atoms with Crippen molar-refractivity contribution in [2.75, 3.05) is 0 Å². The molecule has 3 N–H and O–H groups in total. The van der Waals surface area contributed by atoms with E-state index < -0.39 is 0 Å². The second-order valence-electron chi connectivity index (χ2n) is 8.29. The molecule has 7 heteroatoms. The van der Waals surface area contributed by atoms with Gasteiger partial charge in [0.1, 0.15) is 11.6 Å². The fourth-order valence-electron chi connectivity index (χ4n) is 4.53. The molecule has 2 aliphatic heterocycles. The van der Waals surface area contributed by atoms with Crippen LogP contribution < -0.4 is 11.2 Å². The first-order chi connectivity index (χ1) is 14.2. The van der Waals surface area contributed by atoms with Gasteiger partial charge in [0.25, 0.3) is 0 Å². The predicted molar refractivity (Wildman–Crippen MR) is 106 cm³/mol. The minimum absolute atomic E-state index is 0.178. The molecule has 2 saturated carbocycles. The maximum absolute atomic E-state index is 9.91. The molecule has 4 aliphatic rings. The first kappa shape index (κ1) is 16.7. The molecule has 2 fully saturated rings. The number of hydrogen-bond acceptors (Lipinski definition) is 6. The Bertz CT molecular complexity index is 1050. The Hall–Kier alpha value is -3.24. The van der Waals surface area contributed by atoms with E-state index in [9.17, 15) is 5.26 Å². The molecule has 0 radical (unpaired) electrons. The Morgan fingerprint density at radius 2 is 1.97 bits per heavy atom. The zero-order valence-electron chi connectivity index (χ0n) is 16.0. The van der Waals surface area contributed by atoms with Crippen LogP contribution in [0.1, 0.15) is 37.2 Å². The maximum atomic E-state index is 9.91. The lowest BCUT2D eigenvalue weighted by Crippen LogP contribution is -2.40. The third-order valence-electron chi connectivity index (χ3n) is 6.31. The zero-order chi connectivity index (χ0) is 19.5.